The zero-order valence-electron chi connectivity index (χ0n) is 18.8. The molecule has 7 heteroatoms. The summed E-state index contributed by atoms with van der Waals surface area (Å²) >= 11 is 0. The van der Waals surface area contributed by atoms with E-state index >= 15 is 0 Å². The van der Waals surface area contributed by atoms with Crippen molar-refractivity contribution in [3.05, 3.63) is 84.1 Å². The summed E-state index contributed by atoms with van der Waals surface area (Å²) in [5, 5.41) is 7.03. The molecule has 2 atom stereocenters. The Morgan fingerprint density at radius 2 is 1.85 bits per heavy atom. The number of carbonyl (C=O) groups excluding carboxylic acids is 2. The van der Waals surface area contributed by atoms with E-state index < -0.39 is 12.1 Å². The molecule has 0 spiro atoms. The minimum absolute atomic E-state index is 0.161. The van der Waals surface area contributed by atoms with Crippen LogP contribution in [0.4, 0.5) is 5.82 Å². The van der Waals surface area contributed by atoms with Gasteiger partial charge in [-0.2, -0.15) is 0 Å². The predicted octanol–water partition coefficient (Wildman–Crippen LogP) is 2.76. The molecule has 2 heterocycles. The molecule has 1 fully saturated rings. The molecule has 4 aromatic rings. The molecule has 1 aliphatic rings. The van der Waals surface area contributed by atoms with Crippen LogP contribution in [0.3, 0.4) is 0 Å². The number of carbonyl (C=O) groups is 2. The summed E-state index contributed by atoms with van der Waals surface area (Å²) in [5.41, 5.74) is 14.2. The van der Waals surface area contributed by atoms with Gasteiger partial charge in [0.1, 0.15) is 11.9 Å². The van der Waals surface area contributed by atoms with Gasteiger partial charge in [-0.05, 0) is 52.3 Å². The number of likely N-dealkylation sites (tertiary alicyclic amines) is 1. The van der Waals surface area contributed by atoms with Gasteiger partial charge in [-0.1, -0.05) is 54.6 Å². The third-order valence-corrected chi connectivity index (χ3v) is 6.57. The molecular weight excluding hydrogens is 426 g/mol. The number of nitrogens with one attached hydrogen (secondary N) is 1. The molecule has 1 saturated heterocycles. The van der Waals surface area contributed by atoms with E-state index in [-0.39, 0.29) is 11.8 Å². The number of nitrogen functional groups attached to an aromatic ring is 1. The van der Waals surface area contributed by atoms with Crippen LogP contribution in [0.15, 0.2) is 72.9 Å². The lowest BCUT2D eigenvalue weighted by Crippen LogP contribution is -2.61. The zero-order valence-corrected chi connectivity index (χ0v) is 18.8. The highest BCUT2D eigenvalue weighted by molar-refractivity contribution is 5.93. The van der Waals surface area contributed by atoms with Crippen LogP contribution in [0.25, 0.3) is 21.5 Å². The molecule has 7 nitrogen and oxygen atoms in total. The van der Waals surface area contributed by atoms with Gasteiger partial charge < -0.3 is 21.7 Å². The first-order valence-corrected chi connectivity index (χ1v) is 11.4. The minimum atomic E-state index is -0.694. The maximum Gasteiger partial charge on any atom is 0.243 e. The number of benzene rings is 3. The lowest BCUT2D eigenvalue weighted by molar-refractivity contribution is -0.148. The molecule has 0 aliphatic carbocycles. The second-order valence-corrected chi connectivity index (χ2v) is 8.75. The van der Waals surface area contributed by atoms with Crippen molar-refractivity contribution in [2.75, 3.05) is 12.3 Å². The van der Waals surface area contributed by atoms with Crippen molar-refractivity contribution in [2.24, 2.45) is 5.73 Å². The number of amides is 2. The molecule has 1 aromatic heterocycles. The highest BCUT2D eigenvalue weighted by Gasteiger charge is 2.39. The molecular formula is C27H27N5O2. The number of fused-ring (bicyclic) bond motifs is 2. The van der Waals surface area contributed by atoms with E-state index in [2.05, 4.69) is 10.3 Å². The Bertz CT molecular complexity index is 1380. The first kappa shape index (κ1) is 21.9. The van der Waals surface area contributed by atoms with E-state index in [1.807, 2.05) is 66.7 Å². The van der Waals surface area contributed by atoms with Gasteiger partial charge in [0.2, 0.25) is 11.8 Å². The fourth-order valence-corrected chi connectivity index (χ4v) is 4.60. The SMILES string of the molecule is Nc1nccc2cc(CNC(=O)[C@@H]3CCN3C(=O)[C@H](N)Cc3cccc4ccccc34)ccc12. The van der Waals surface area contributed by atoms with Gasteiger partial charge in [-0.25, -0.2) is 4.98 Å². The van der Waals surface area contributed by atoms with Crippen LogP contribution < -0.4 is 16.8 Å². The van der Waals surface area contributed by atoms with Crippen molar-refractivity contribution in [3.8, 4) is 0 Å². The number of nitrogens with zero attached hydrogens (tertiary/aromatic N) is 2. The molecule has 172 valence electrons. The van der Waals surface area contributed by atoms with Gasteiger partial charge in [-0.15, -0.1) is 0 Å². The van der Waals surface area contributed by atoms with Crippen molar-refractivity contribution < 1.29 is 9.59 Å². The molecule has 0 unspecified atom stereocenters. The summed E-state index contributed by atoms with van der Waals surface area (Å²) in [7, 11) is 0. The van der Waals surface area contributed by atoms with Gasteiger partial charge >= 0.3 is 0 Å². The molecule has 2 amide bonds. The van der Waals surface area contributed by atoms with Crippen LogP contribution in [0.2, 0.25) is 0 Å². The fraction of sp³-hybridized carbons (Fsp3) is 0.222. The standard InChI is InChI=1S/C27H27N5O2/c28-23(15-19-6-3-5-18-4-1-2-7-21(18)19)27(34)32-13-11-24(32)26(33)31-16-17-8-9-22-20(14-17)10-12-30-25(22)29/h1-10,12,14,23-24H,11,13,15-16,28H2,(H2,29,30)(H,31,33)/t23-,24+/m1/s1. The largest absolute Gasteiger partial charge is 0.383 e. The fourth-order valence-electron chi connectivity index (χ4n) is 4.60. The lowest BCUT2D eigenvalue weighted by Gasteiger charge is -2.41. The number of aromatic nitrogens is 1. The Labute approximate surface area is 197 Å². The molecule has 34 heavy (non-hydrogen) atoms. The maximum absolute atomic E-state index is 13.0. The summed E-state index contributed by atoms with van der Waals surface area (Å²) in [6.07, 6.45) is 2.73. The van der Waals surface area contributed by atoms with E-state index in [9.17, 15) is 9.59 Å². The summed E-state index contributed by atoms with van der Waals surface area (Å²) in [5.74, 6) is 0.135. The second kappa shape index (κ2) is 9.11. The normalized spacial score (nSPS) is 16.3. The average molecular weight is 454 g/mol. The Morgan fingerprint density at radius 3 is 2.68 bits per heavy atom. The monoisotopic (exact) mass is 453 g/mol. The minimum Gasteiger partial charge on any atom is -0.383 e. The topological polar surface area (TPSA) is 114 Å². The third kappa shape index (κ3) is 4.18. The Morgan fingerprint density at radius 1 is 1.03 bits per heavy atom. The number of anilines is 1. The van der Waals surface area contributed by atoms with Crippen molar-refractivity contribution in [1.82, 2.24) is 15.2 Å². The number of hydrogen-bond donors (Lipinski definition) is 3. The van der Waals surface area contributed by atoms with Crippen LogP contribution in [-0.2, 0) is 22.6 Å². The lowest BCUT2D eigenvalue weighted by atomic mass is 9.96. The predicted molar refractivity (Wildman–Crippen MR) is 134 cm³/mol. The van der Waals surface area contributed by atoms with E-state index in [4.69, 9.17) is 11.5 Å². The summed E-state index contributed by atoms with van der Waals surface area (Å²) < 4.78 is 0. The van der Waals surface area contributed by atoms with Gasteiger partial charge in [0.25, 0.3) is 0 Å². The van der Waals surface area contributed by atoms with E-state index in [0.29, 0.717) is 31.7 Å². The van der Waals surface area contributed by atoms with E-state index in [1.165, 1.54) is 0 Å². The van der Waals surface area contributed by atoms with Crippen molar-refractivity contribution in [3.63, 3.8) is 0 Å². The Hall–Kier alpha value is -3.97. The third-order valence-electron chi connectivity index (χ3n) is 6.57. The summed E-state index contributed by atoms with van der Waals surface area (Å²) in [4.78, 5) is 31.5. The molecule has 5 N–H and O–H groups in total. The highest BCUT2D eigenvalue weighted by Crippen LogP contribution is 2.23. The summed E-state index contributed by atoms with van der Waals surface area (Å²) in [6.45, 7) is 0.917. The first-order chi connectivity index (χ1) is 16.5. The smallest absolute Gasteiger partial charge is 0.243 e. The summed E-state index contributed by atoms with van der Waals surface area (Å²) in [6, 6.07) is 20.6. The van der Waals surface area contributed by atoms with Gasteiger partial charge in [0.05, 0.1) is 6.04 Å². The number of hydrogen-bond acceptors (Lipinski definition) is 5. The van der Waals surface area contributed by atoms with Gasteiger partial charge in [0.15, 0.2) is 0 Å². The second-order valence-electron chi connectivity index (χ2n) is 8.75. The van der Waals surface area contributed by atoms with E-state index in [1.54, 1.807) is 11.1 Å². The molecule has 1 aliphatic heterocycles. The van der Waals surface area contributed by atoms with Crippen LogP contribution in [0, 0.1) is 0 Å². The highest BCUT2D eigenvalue weighted by atomic mass is 16.2. The molecule has 3 aromatic carbocycles. The number of pyridine rings is 1. The zero-order chi connectivity index (χ0) is 23.7. The van der Waals surface area contributed by atoms with Crippen molar-refractivity contribution in [1.29, 1.82) is 0 Å². The van der Waals surface area contributed by atoms with Crippen LogP contribution in [0.5, 0.6) is 0 Å². The van der Waals surface area contributed by atoms with E-state index in [0.717, 1.165) is 32.7 Å². The Kier molecular flexibility index (Phi) is 5.86. The number of nitrogens with two attached hydrogens (primary N) is 2. The van der Waals surface area contributed by atoms with Gasteiger partial charge in [-0.3, -0.25) is 9.59 Å². The van der Waals surface area contributed by atoms with Crippen LogP contribution >= 0.6 is 0 Å². The number of rotatable bonds is 6. The molecule has 0 bridgehead atoms. The first-order valence-electron chi connectivity index (χ1n) is 11.4. The maximum atomic E-state index is 13.0. The van der Waals surface area contributed by atoms with Crippen LogP contribution in [0.1, 0.15) is 17.5 Å². The molecule has 0 saturated carbocycles. The quantitative estimate of drug-likeness (QED) is 0.415. The molecule has 0 radical (unpaired) electrons. The average Bonchev–Trinajstić information content (AvgIpc) is 2.82. The molecule has 5 rings (SSSR count). The van der Waals surface area contributed by atoms with Crippen molar-refractivity contribution in [2.45, 2.75) is 31.5 Å². The van der Waals surface area contributed by atoms with Crippen molar-refractivity contribution >= 4 is 39.2 Å². The van der Waals surface area contributed by atoms with Gasteiger partial charge in [0, 0.05) is 24.7 Å². The van der Waals surface area contributed by atoms with Crippen LogP contribution in [-0.4, -0.2) is 40.3 Å². The Balaban J connectivity index is 1.21.